The Kier molecular flexibility index (Phi) is 1.51. The molecule has 0 spiro atoms. The first-order valence-corrected chi connectivity index (χ1v) is 3.78. The molecule has 0 atom stereocenters. The zero-order valence-electron chi connectivity index (χ0n) is 7.06. The fourth-order valence-corrected chi connectivity index (χ4v) is 1.37. The molecular weight excluding hydrogens is 168 g/mol. The zero-order valence-corrected chi connectivity index (χ0v) is 7.06. The van der Waals surface area contributed by atoms with E-state index in [-0.39, 0.29) is 0 Å². The molecular formula is C8H8N4O. The van der Waals surface area contributed by atoms with Crippen molar-refractivity contribution in [3.63, 3.8) is 0 Å². The summed E-state index contributed by atoms with van der Waals surface area (Å²) in [7, 11) is 0. The standard InChI is InChI=1S/C8H8N4O/c1-5-2-6(3-13)12-7(5)8(9)10-4-11-12/h2-4H,1H3,(H2,9,10,11). The van der Waals surface area contributed by atoms with E-state index in [2.05, 4.69) is 10.1 Å². The highest BCUT2D eigenvalue weighted by Crippen LogP contribution is 2.17. The minimum Gasteiger partial charge on any atom is -0.382 e. The van der Waals surface area contributed by atoms with Crippen molar-refractivity contribution in [2.45, 2.75) is 6.92 Å². The Morgan fingerprint density at radius 2 is 2.38 bits per heavy atom. The van der Waals surface area contributed by atoms with Gasteiger partial charge in [0.2, 0.25) is 0 Å². The van der Waals surface area contributed by atoms with Gasteiger partial charge in [0.15, 0.2) is 12.1 Å². The summed E-state index contributed by atoms with van der Waals surface area (Å²) in [5.74, 6) is 0.389. The van der Waals surface area contributed by atoms with Crippen molar-refractivity contribution in [1.82, 2.24) is 14.6 Å². The van der Waals surface area contributed by atoms with Crippen LogP contribution in [0.15, 0.2) is 12.4 Å². The van der Waals surface area contributed by atoms with E-state index >= 15 is 0 Å². The average molecular weight is 176 g/mol. The Morgan fingerprint density at radius 1 is 1.62 bits per heavy atom. The molecule has 13 heavy (non-hydrogen) atoms. The van der Waals surface area contributed by atoms with Crippen LogP contribution in [0.25, 0.3) is 5.52 Å². The lowest BCUT2D eigenvalue weighted by Gasteiger charge is -1.97. The largest absolute Gasteiger partial charge is 0.382 e. The first kappa shape index (κ1) is 7.72. The first-order chi connectivity index (χ1) is 6.24. The number of nitrogens with two attached hydrogens (primary N) is 1. The van der Waals surface area contributed by atoms with Crippen LogP contribution in [0, 0.1) is 6.92 Å². The van der Waals surface area contributed by atoms with Gasteiger partial charge in [-0.3, -0.25) is 4.79 Å². The van der Waals surface area contributed by atoms with E-state index in [1.807, 2.05) is 6.92 Å². The van der Waals surface area contributed by atoms with Gasteiger partial charge in [-0.2, -0.15) is 5.10 Å². The van der Waals surface area contributed by atoms with Crippen molar-refractivity contribution >= 4 is 17.6 Å². The van der Waals surface area contributed by atoms with E-state index < -0.39 is 0 Å². The molecule has 2 rings (SSSR count). The van der Waals surface area contributed by atoms with Crippen LogP contribution in [0.1, 0.15) is 16.1 Å². The van der Waals surface area contributed by atoms with Crippen LogP contribution in [0.2, 0.25) is 0 Å². The number of anilines is 1. The number of hydrogen-bond donors (Lipinski definition) is 1. The normalized spacial score (nSPS) is 10.5. The number of carbonyl (C=O) groups is 1. The molecule has 0 bridgehead atoms. The number of hydrogen-bond acceptors (Lipinski definition) is 4. The van der Waals surface area contributed by atoms with E-state index in [4.69, 9.17) is 5.73 Å². The Labute approximate surface area is 74.2 Å². The molecule has 0 saturated carbocycles. The fourth-order valence-electron chi connectivity index (χ4n) is 1.37. The molecule has 66 valence electrons. The Bertz CT molecular complexity index is 474. The average Bonchev–Trinajstić information content (AvgIpc) is 2.44. The predicted octanol–water partition coefficient (Wildman–Crippen LogP) is 0.432. The number of aldehydes is 1. The van der Waals surface area contributed by atoms with Gasteiger partial charge >= 0.3 is 0 Å². The first-order valence-electron chi connectivity index (χ1n) is 3.78. The summed E-state index contributed by atoms with van der Waals surface area (Å²) in [4.78, 5) is 14.5. The Morgan fingerprint density at radius 3 is 3.08 bits per heavy atom. The van der Waals surface area contributed by atoms with Crippen LogP contribution < -0.4 is 5.73 Å². The summed E-state index contributed by atoms with van der Waals surface area (Å²) in [6.45, 7) is 1.86. The lowest BCUT2D eigenvalue weighted by molar-refractivity contribution is 0.111. The van der Waals surface area contributed by atoms with Crippen molar-refractivity contribution in [2.24, 2.45) is 0 Å². The van der Waals surface area contributed by atoms with Gasteiger partial charge in [0.25, 0.3) is 0 Å². The van der Waals surface area contributed by atoms with Gasteiger partial charge in [0.05, 0.1) is 0 Å². The Balaban J connectivity index is 2.95. The number of nitrogen functional groups attached to an aromatic ring is 1. The minimum atomic E-state index is 0.389. The molecule has 0 fully saturated rings. The summed E-state index contributed by atoms with van der Waals surface area (Å²) in [5, 5.41) is 3.93. The van der Waals surface area contributed by atoms with E-state index in [1.165, 1.54) is 10.8 Å². The maximum Gasteiger partial charge on any atom is 0.168 e. The van der Waals surface area contributed by atoms with Crippen LogP contribution >= 0.6 is 0 Å². The van der Waals surface area contributed by atoms with E-state index in [0.717, 1.165) is 11.8 Å². The number of nitrogens with zero attached hydrogens (tertiary/aromatic N) is 3. The third-order valence-electron chi connectivity index (χ3n) is 1.92. The molecule has 0 aliphatic heterocycles. The second-order valence-electron chi connectivity index (χ2n) is 2.78. The third-order valence-corrected chi connectivity index (χ3v) is 1.92. The Hall–Kier alpha value is -1.91. The zero-order chi connectivity index (χ0) is 9.42. The molecule has 0 radical (unpaired) electrons. The molecule has 2 aromatic rings. The molecule has 2 aromatic heterocycles. The lowest BCUT2D eigenvalue weighted by atomic mass is 10.3. The van der Waals surface area contributed by atoms with Gasteiger partial charge in [-0.1, -0.05) is 0 Å². The summed E-state index contributed by atoms with van der Waals surface area (Å²) in [6.07, 6.45) is 2.07. The monoisotopic (exact) mass is 176 g/mol. The van der Waals surface area contributed by atoms with E-state index in [9.17, 15) is 4.79 Å². The molecule has 0 aliphatic carbocycles. The molecule has 0 aliphatic rings. The van der Waals surface area contributed by atoms with E-state index in [1.54, 1.807) is 6.07 Å². The second kappa shape index (κ2) is 2.55. The van der Waals surface area contributed by atoms with Gasteiger partial charge in [0, 0.05) is 0 Å². The van der Waals surface area contributed by atoms with Crippen LogP contribution in [-0.4, -0.2) is 20.9 Å². The van der Waals surface area contributed by atoms with Gasteiger partial charge in [0.1, 0.15) is 17.5 Å². The molecule has 0 amide bonds. The van der Waals surface area contributed by atoms with Crippen LogP contribution in [-0.2, 0) is 0 Å². The van der Waals surface area contributed by atoms with Crippen LogP contribution in [0.5, 0.6) is 0 Å². The smallest absolute Gasteiger partial charge is 0.168 e. The van der Waals surface area contributed by atoms with Gasteiger partial charge in [-0.25, -0.2) is 9.50 Å². The fraction of sp³-hybridized carbons (Fsp3) is 0.125. The number of rotatable bonds is 1. The van der Waals surface area contributed by atoms with Crippen molar-refractivity contribution in [1.29, 1.82) is 0 Å². The van der Waals surface area contributed by atoms with Crippen LogP contribution in [0.4, 0.5) is 5.82 Å². The molecule has 0 unspecified atom stereocenters. The predicted molar refractivity (Wildman–Crippen MR) is 47.5 cm³/mol. The molecule has 2 heterocycles. The summed E-state index contributed by atoms with van der Waals surface area (Å²) in [5.41, 5.74) is 7.73. The summed E-state index contributed by atoms with van der Waals surface area (Å²) < 4.78 is 1.49. The molecule has 2 N–H and O–H groups in total. The molecule has 5 nitrogen and oxygen atoms in total. The highest BCUT2D eigenvalue weighted by Gasteiger charge is 2.08. The second-order valence-corrected chi connectivity index (χ2v) is 2.78. The third kappa shape index (κ3) is 0.970. The van der Waals surface area contributed by atoms with Crippen LogP contribution in [0.3, 0.4) is 0 Å². The quantitative estimate of drug-likeness (QED) is 0.639. The topological polar surface area (TPSA) is 73.3 Å². The number of carbonyl (C=O) groups excluding carboxylic acids is 1. The van der Waals surface area contributed by atoms with Gasteiger partial charge in [-0.15, -0.1) is 0 Å². The van der Waals surface area contributed by atoms with Gasteiger partial charge in [-0.05, 0) is 18.6 Å². The van der Waals surface area contributed by atoms with Crippen molar-refractivity contribution in [2.75, 3.05) is 5.73 Å². The number of fused-ring (bicyclic) bond motifs is 1. The lowest BCUT2D eigenvalue weighted by Crippen LogP contribution is -2.01. The number of aryl methyl sites for hydroxylation is 1. The SMILES string of the molecule is Cc1cc(C=O)n2ncnc(N)c12. The summed E-state index contributed by atoms with van der Waals surface area (Å²) >= 11 is 0. The maximum absolute atomic E-state index is 10.6. The maximum atomic E-state index is 10.6. The molecule has 0 aromatic carbocycles. The van der Waals surface area contributed by atoms with Crippen molar-refractivity contribution < 1.29 is 4.79 Å². The van der Waals surface area contributed by atoms with Gasteiger partial charge < -0.3 is 5.73 Å². The highest BCUT2D eigenvalue weighted by atomic mass is 16.1. The van der Waals surface area contributed by atoms with E-state index in [0.29, 0.717) is 17.0 Å². The summed E-state index contributed by atoms with van der Waals surface area (Å²) in [6, 6.07) is 1.73. The molecule has 0 saturated heterocycles. The molecule has 5 heteroatoms. The number of aromatic nitrogens is 3. The van der Waals surface area contributed by atoms with Crippen molar-refractivity contribution in [3.8, 4) is 0 Å². The highest BCUT2D eigenvalue weighted by molar-refractivity contribution is 5.80. The minimum absolute atomic E-state index is 0.389. The van der Waals surface area contributed by atoms with Crippen molar-refractivity contribution in [3.05, 3.63) is 23.7 Å².